The zero-order chi connectivity index (χ0) is 69.5. The van der Waals surface area contributed by atoms with Crippen LogP contribution >= 0.6 is 0 Å². The summed E-state index contributed by atoms with van der Waals surface area (Å²) in [5, 5.41) is 104. The fourth-order valence-electron chi connectivity index (χ4n) is 14.9. The van der Waals surface area contributed by atoms with Crippen LogP contribution in [0.2, 0.25) is 0 Å². The third kappa shape index (κ3) is 9.54. The molecule has 4 aromatic carbocycles. The molecule has 12 unspecified atom stereocenters. The first kappa shape index (κ1) is 65.4. The van der Waals surface area contributed by atoms with Crippen LogP contribution < -0.4 is 31.8 Å². The number of hydrogen-bond acceptors (Lipinski definition) is 27. The SMILES string of the molecule is CC1c2cccc(O)c2C(O)=C2C(=O)C3(O)C(=O)C(C(N)=O)=C(OC(=O)c4cc(=O)c5c(OCC(O)COc6cccc7oc(C(=O)OC8=C(C(N)=O)C(=O)C9(O)C(=O)C%10=C(O)c%11c(O)cccc%11C(C)C%10C(O)C9C8N(C)C)cc(=O)c67)cccc5o4)C(N(C)C)C3C(O)C21. The first-order valence-electron chi connectivity index (χ1n) is 29.7. The van der Waals surface area contributed by atoms with E-state index in [1.807, 2.05) is 0 Å². The van der Waals surface area contributed by atoms with Crippen molar-refractivity contribution < 1.29 is 112 Å². The molecule has 2 heterocycles. The highest BCUT2D eigenvalue weighted by Gasteiger charge is 2.71. The molecule has 0 aliphatic heterocycles. The molecule has 2 saturated carbocycles. The zero-order valence-corrected chi connectivity index (χ0v) is 51.5. The van der Waals surface area contributed by atoms with Gasteiger partial charge in [-0.05, 0) is 87.6 Å². The predicted octanol–water partition coefficient (Wildman–Crippen LogP) is 0.935. The summed E-state index contributed by atoms with van der Waals surface area (Å²) >= 11 is 0. The lowest BCUT2D eigenvalue weighted by Crippen LogP contribution is -2.71. The average Bonchev–Trinajstić information content (AvgIpc) is 0.693. The van der Waals surface area contributed by atoms with E-state index in [0.717, 1.165) is 0 Å². The minimum absolute atomic E-state index is 0.173. The number of fused-ring (bicyclic) bond motifs is 8. The van der Waals surface area contributed by atoms with E-state index >= 15 is 0 Å². The molecule has 0 radical (unpaired) electrons. The van der Waals surface area contributed by atoms with Crippen LogP contribution in [0.25, 0.3) is 33.5 Å². The van der Waals surface area contributed by atoms with E-state index in [2.05, 4.69) is 0 Å². The fraction of sp³-hybridized carbons (Fsp3) is 0.313. The van der Waals surface area contributed by atoms with Crippen molar-refractivity contribution >= 4 is 80.3 Å². The van der Waals surface area contributed by atoms with Crippen molar-refractivity contribution in [3.05, 3.63) is 173 Å². The van der Waals surface area contributed by atoms with Gasteiger partial charge in [-0.1, -0.05) is 50.2 Å². The third-order valence-electron chi connectivity index (χ3n) is 19.0. The number of rotatable bonds is 14. The summed E-state index contributed by atoms with van der Waals surface area (Å²) in [6.07, 6.45) is -5.34. The Morgan fingerprint density at radius 1 is 0.552 bits per heavy atom. The van der Waals surface area contributed by atoms with Gasteiger partial charge in [0.2, 0.25) is 34.7 Å². The molecular weight excluding hydrogens is 1260 g/mol. The molecule has 0 saturated heterocycles. The number of primary amides is 2. The predicted molar refractivity (Wildman–Crippen MR) is 328 cm³/mol. The number of benzene rings is 4. The molecule has 0 spiro atoms. The highest BCUT2D eigenvalue weighted by molar-refractivity contribution is 6.34. The van der Waals surface area contributed by atoms with E-state index in [1.54, 1.807) is 13.8 Å². The Bertz CT molecular complexity index is 4470. The van der Waals surface area contributed by atoms with Crippen LogP contribution in [0.5, 0.6) is 23.0 Å². The monoisotopic (exact) mass is 1320 g/mol. The number of carbonyl (C=O) groups excluding carboxylic acids is 8. The first-order valence-corrected chi connectivity index (χ1v) is 29.7. The summed E-state index contributed by atoms with van der Waals surface area (Å²) in [6, 6.07) is 14.3. The number of aliphatic hydroxyl groups excluding tert-OH is 5. The lowest BCUT2D eigenvalue weighted by molar-refractivity contribution is -0.176. The van der Waals surface area contributed by atoms with E-state index < -0.39 is 216 Å². The molecule has 2 amide bonds. The van der Waals surface area contributed by atoms with Gasteiger partial charge < -0.3 is 85.2 Å². The Hall–Kier alpha value is -10.7. The number of esters is 2. The van der Waals surface area contributed by atoms with E-state index in [9.17, 15) is 93.9 Å². The molecule has 2 aromatic heterocycles. The second-order valence-electron chi connectivity index (χ2n) is 24.8. The number of ether oxygens (including phenoxy) is 4. The van der Waals surface area contributed by atoms with Gasteiger partial charge in [0.25, 0.3) is 11.8 Å². The molecule has 498 valence electrons. The highest BCUT2D eigenvalue weighted by Crippen LogP contribution is 2.58. The number of nitrogens with zero attached hydrogens (tertiary/aromatic N) is 2. The number of likely N-dealkylation sites (N-methyl/N-ethyl adjacent to an activating group) is 2. The number of carbonyl (C=O) groups is 8. The fourth-order valence-corrected chi connectivity index (χ4v) is 14.9. The summed E-state index contributed by atoms with van der Waals surface area (Å²) in [7, 11) is 5.42. The lowest BCUT2D eigenvalue weighted by Gasteiger charge is -2.53. The minimum atomic E-state index is -3.30. The average molecular weight is 1320 g/mol. The maximum atomic E-state index is 14.5. The number of phenolic OH excluding ortho intramolecular Hbond substituents is 2. The number of Topliss-reactive ketones (excluding diaryl/α,β-unsaturated/α-hetero) is 4. The zero-order valence-electron chi connectivity index (χ0n) is 51.5. The van der Waals surface area contributed by atoms with Crippen LogP contribution in [0.1, 0.15) is 69.0 Å². The van der Waals surface area contributed by atoms with Crippen molar-refractivity contribution in [2.45, 2.75) is 67.3 Å². The summed E-state index contributed by atoms with van der Waals surface area (Å²) in [5.41, 5.74) is -0.888. The third-order valence-corrected chi connectivity index (χ3v) is 19.0. The van der Waals surface area contributed by atoms with Gasteiger partial charge in [0.15, 0.2) is 22.1 Å². The number of ketones is 4. The first-order chi connectivity index (χ1) is 45.3. The number of amides is 2. The molecule has 29 heteroatoms. The van der Waals surface area contributed by atoms with Gasteiger partial charge in [0.1, 0.15) is 98.4 Å². The molecule has 96 heavy (non-hydrogen) atoms. The maximum absolute atomic E-state index is 14.5. The van der Waals surface area contributed by atoms with Crippen molar-refractivity contribution in [1.82, 2.24) is 9.80 Å². The summed E-state index contributed by atoms with van der Waals surface area (Å²) in [4.78, 5) is 143. The number of nitrogens with two attached hydrogens (primary N) is 2. The van der Waals surface area contributed by atoms with E-state index in [0.29, 0.717) is 23.3 Å². The second kappa shape index (κ2) is 23.4. The number of aromatic hydroxyl groups is 2. The molecule has 12 atom stereocenters. The standard InChI is InChI=1S/C67H60N4O25/c1-23-26-11-7-13-28(73)40(26)52(77)44-38(23)54(79)48-50(70(3)4)56(46(62(68)85)60(83)66(48,89)58(44)81)95-64(87)36-19-30(75)42-32(15-9-17-34(42)93-36)91-21-25(72)22-92-33-16-10-18-35-43(33)31(76)20-37(94-35)65(88)96-57-47(63(69)86)61(84)67(90)49(51(57)71(5)6)55(80)39-24(2)27-12-8-14-29(74)41(27)53(78)45(39)59(67)82/h7-20,23-25,38-39,48-51,54-55,72-74,77-80,89-90H,21-22H2,1-6H3,(H2,68,85)(H2,69,86). The van der Waals surface area contributed by atoms with E-state index in [4.69, 9.17) is 39.2 Å². The smallest absolute Gasteiger partial charge is 0.379 e. The second-order valence-corrected chi connectivity index (χ2v) is 24.8. The van der Waals surface area contributed by atoms with Crippen LogP contribution in [0.15, 0.2) is 137 Å². The highest BCUT2D eigenvalue weighted by atomic mass is 16.6. The number of hydrogen-bond donors (Lipinski definition) is 11. The summed E-state index contributed by atoms with van der Waals surface area (Å²) in [6.45, 7) is 1.96. The van der Waals surface area contributed by atoms with Gasteiger partial charge in [0.05, 0.1) is 47.3 Å². The van der Waals surface area contributed by atoms with Crippen molar-refractivity contribution in [1.29, 1.82) is 0 Å². The van der Waals surface area contributed by atoms with Gasteiger partial charge in [-0.3, -0.25) is 48.2 Å². The minimum Gasteiger partial charge on any atom is -0.507 e. The Morgan fingerprint density at radius 2 is 0.906 bits per heavy atom. The number of aliphatic hydroxyl groups is 7. The van der Waals surface area contributed by atoms with Gasteiger partial charge in [-0.15, -0.1) is 0 Å². The van der Waals surface area contributed by atoms with Gasteiger partial charge in [-0.2, -0.15) is 0 Å². The molecule has 29 nitrogen and oxygen atoms in total. The molecule has 6 aromatic rings. The van der Waals surface area contributed by atoms with Crippen LogP contribution in [0.4, 0.5) is 0 Å². The Morgan fingerprint density at radius 3 is 1.25 bits per heavy atom. The van der Waals surface area contributed by atoms with Crippen molar-refractivity contribution in [2.24, 2.45) is 35.1 Å². The largest absolute Gasteiger partial charge is 0.507 e. The van der Waals surface area contributed by atoms with Crippen molar-refractivity contribution in [3.63, 3.8) is 0 Å². The normalized spacial score (nSPS) is 27.2. The summed E-state index contributed by atoms with van der Waals surface area (Å²) in [5.74, 6) is -26.6. The van der Waals surface area contributed by atoms with E-state index in [1.165, 1.54) is 111 Å². The molecule has 2 fully saturated rings. The van der Waals surface area contributed by atoms with Gasteiger partial charge >= 0.3 is 11.9 Å². The maximum Gasteiger partial charge on any atom is 0.379 e. The van der Waals surface area contributed by atoms with Crippen LogP contribution in [0.3, 0.4) is 0 Å². The Balaban J connectivity index is 0.758. The molecule has 13 N–H and O–H groups in total. The van der Waals surface area contributed by atoms with E-state index in [-0.39, 0.29) is 44.6 Å². The molecule has 6 aliphatic carbocycles. The molecular formula is C67H60N4O25. The topological polar surface area (TPSA) is 474 Å². The van der Waals surface area contributed by atoms with Crippen molar-refractivity contribution in [2.75, 3.05) is 41.4 Å². The molecule has 6 aliphatic rings. The van der Waals surface area contributed by atoms with Gasteiger partial charge in [-0.25, -0.2) is 9.59 Å². The van der Waals surface area contributed by atoms with Crippen LogP contribution in [-0.2, 0) is 38.2 Å². The van der Waals surface area contributed by atoms with Crippen molar-refractivity contribution in [3.8, 4) is 23.0 Å². The Labute approximate surface area is 540 Å². The van der Waals surface area contributed by atoms with Crippen LogP contribution in [-0.4, -0.2) is 186 Å². The lowest BCUT2D eigenvalue weighted by atomic mass is 9.54. The quantitative estimate of drug-likeness (QED) is 0.0410. The molecule has 12 rings (SSSR count). The summed E-state index contributed by atoms with van der Waals surface area (Å²) < 4.78 is 34.6. The molecule has 0 bridgehead atoms. The van der Waals surface area contributed by atoms with Gasteiger partial charge in [0, 0.05) is 35.1 Å². The van der Waals surface area contributed by atoms with Crippen LogP contribution in [0, 0.1) is 23.7 Å². The Kier molecular flexibility index (Phi) is 15.9. The number of phenols is 2.